The molecule has 0 aliphatic rings. The van der Waals surface area contributed by atoms with Crippen LogP contribution in [0.5, 0.6) is 0 Å². The Morgan fingerprint density at radius 1 is 1.06 bits per heavy atom. The average molecular weight is 208 g/mol. The molecule has 2 rings (SSSR count). The number of rotatable bonds is 4. The number of pyridine rings is 1. The number of benzene rings is 1. The van der Waals surface area contributed by atoms with Crippen LogP contribution in [0.3, 0.4) is 0 Å². The summed E-state index contributed by atoms with van der Waals surface area (Å²) in [5.41, 5.74) is 2.40. The van der Waals surface area contributed by atoms with E-state index < -0.39 is 0 Å². The minimum atomic E-state index is 1.01. The molecular weight excluding hydrogens is 194 g/mol. The van der Waals surface area contributed by atoms with E-state index in [0.717, 1.165) is 18.4 Å². The van der Waals surface area contributed by atoms with Gasteiger partial charge in [-0.3, -0.25) is 4.98 Å². The van der Waals surface area contributed by atoms with Gasteiger partial charge in [0.1, 0.15) is 0 Å². The lowest BCUT2D eigenvalue weighted by atomic mass is 10.1. The maximum absolute atomic E-state index is 4.04. The molecule has 0 unspecified atom stereocenters. The third kappa shape index (κ3) is 3.35. The molecule has 16 heavy (non-hydrogen) atoms. The summed E-state index contributed by atoms with van der Waals surface area (Å²) in [6.45, 7) is 0. The zero-order valence-corrected chi connectivity index (χ0v) is 9.13. The average Bonchev–Trinajstić information content (AvgIpc) is 2.37. The lowest BCUT2D eigenvalue weighted by Gasteiger charge is -1.96. The molecule has 0 saturated carbocycles. The lowest BCUT2D eigenvalue weighted by molar-refractivity contribution is 0.997. The lowest BCUT2D eigenvalue weighted by Crippen LogP contribution is -1.82. The Morgan fingerprint density at radius 2 is 1.94 bits per heavy atom. The van der Waals surface area contributed by atoms with Crippen LogP contribution < -0.4 is 0 Å². The molecule has 1 radical (unpaired) electrons. The molecule has 0 saturated heterocycles. The Morgan fingerprint density at radius 3 is 2.69 bits per heavy atom. The summed E-state index contributed by atoms with van der Waals surface area (Å²) >= 11 is 0. The van der Waals surface area contributed by atoms with Crippen molar-refractivity contribution in [2.24, 2.45) is 0 Å². The van der Waals surface area contributed by atoms with E-state index in [-0.39, 0.29) is 0 Å². The van der Waals surface area contributed by atoms with Gasteiger partial charge >= 0.3 is 0 Å². The second-order valence-corrected chi connectivity index (χ2v) is 3.61. The molecular formula is C15H14N. The highest BCUT2D eigenvalue weighted by atomic mass is 14.6. The van der Waals surface area contributed by atoms with E-state index in [1.54, 1.807) is 6.20 Å². The van der Waals surface area contributed by atoms with Crippen molar-refractivity contribution in [2.45, 2.75) is 12.8 Å². The Balaban J connectivity index is 1.83. The first-order chi connectivity index (χ1) is 7.95. The van der Waals surface area contributed by atoms with Crippen LogP contribution in [0.2, 0.25) is 0 Å². The van der Waals surface area contributed by atoms with Crippen molar-refractivity contribution in [2.75, 3.05) is 0 Å². The predicted octanol–water partition coefficient (Wildman–Crippen LogP) is 3.42. The summed E-state index contributed by atoms with van der Waals surface area (Å²) in [5, 5.41) is 0. The summed E-state index contributed by atoms with van der Waals surface area (Å²) in [4.78, 5) is 4.04. The van der Waals surface area contributed by atoms with Crippen molar-refractivity contribution < 1.29 is 0 Å². The number of hydrogen-bond donors (Lipinski definition) is 0. The zero-order chi connectivity index (χ0) is 11.1. The smallest absolute Gasteiger partial charge is 0.0346 e. The SMILES string of the molecule is [C](=CCCc1ccccc1)c1cccnc1. The molecule has 0 fully saturated rings. The van der Waals surface area contributed by atoms with Crippen LogP contribution in [-0.4, -0.2) is 4.98 Å². The molecule has 0 atom stereocenters. The van der Waals surface area contributed by atoms with Gasteiger partial charge in [-0.15, -0.1) is 0 Å². The monoisotopic (exact) mass is 208 g/mol. The summed E-state index contributed by atoms with van der Waals surface area (Å²) in [5.74, 6) is 0. The van der Waals surface area contributed by atoms with E-state index in [9.17, 15) is 0 Å². The molecule has 2 aromatic rings. The minimum absolute atomic E-state index is 1.01. The molecule has 1 nitrogen and oxygen atoms in total. The molecule has 0 bridgehead atoms. The van der Waals surface area contributed by atoms with Crippen LogP contribution in [-0.2, 0) is 6.42 Å². The van der Waals surface area contributed by atoms with Crippen molar-refractivity contribution in [3.05, 3.63) is 78.1 Å². The highest BCUT2D eigenvalue weighted by Crippen LogP contribution is 2.04. The highest BCUT2D eigenvalue weighted by Gasteiger charge is 1.89. The Hall–Kier alpha value is -1.89. The normalized spacial score (nSPS) is 10.8. The third-order valence-electron chi connectivity index (χ3n) is 2.35. The van der Waals surface area contributed by atoms with Crippen LogP contribution in [0.15, 0.2) is 60.9 Å². The van der Waals surface area contributed by atoms with Crippen molar-refractivity contribution >= 4 is 0 Å². The van der Waals surface area contributed by atoms with Gasteiger partial charge in [-0.05, 0) is 30.5 Å². The fourth-order valence-corrected chi connectivity index (χ4v) is 1.52. The molecule has 0 aliphatic heterocycles. The summed E-state index contributed by atoms with van der Waals surface area (Å²) < 4.78 is 0. The van der Waals surface area contributed by atoms with Crippen LogP contribution in [0.4, 0.5) is 0 Å². The predicted molar refractivity (Wildman–Crippen MR) is 65.9 cm³/mol. The summed E-state index contributed by atoms with van der Waals surface area (Å²) in [6.07, 6.45) is 11.0. The summed E-state index contributed by atoms with van der Waals surface area (Å²) in [7, 11) is 0. The van der Waals surface area contributed by atoms with Crippen LogP contribution >= 0.6 is 0 Å². The van der Waals surface area contributed by atoms with Crippen molar-refractivity contribution in [3.8, 4) is 0 Å². The number of hydrogen-bond acceptors (Lipinski definition) is 1. The number of nitrogens with zero attached hydrogens (tertiary/aromatic N) is 1. The van der Waals surface area contributed by atoms with Crippen LogP contribution in [0, 0.1) is 6.08 Å². The summed E-state index contributed by atoms with van der Waals surface area (Å²) in [6, 6.07) is 14.4. The van der Waals surface area contributed by atoms with E-state index in [4.69, 9.17) is 0 Å². The molecule has 0 aliphatic carbocycles. The van der Waals surface area contributed by atoms with Crippen molar-refractivity contribution in [1.29, 1.82) is 0 Å². The van der Waals surface area contributed by atoms with Gasteiger partial charge in [-0.2, -0.15) is 0 Å². The molecule has 1 aromatic carbocycles. The Bertz CT molecular complexity index is 432. The minimum Gasteiger partial charge on any atom is -0.264 e. The van der Waals surface area contributed by atoms with E-state index in [1.807, 2.05) is 24.4 Å². The topological polar surface area (TPSA) is 12.9 Å². The second-order valence-electron chi connectivity index (χ2n) is 3.61. The van der Waals surface area contributed by atoms with Gasteiger partial charge in [0.2, 0.25) is 0 Å². The largest absolute Gasteiger partial charge is 0.264 e. The zero-order valence-electron chi connectivity index (χ0n) is 9.13. The quantitative estimate of drug-likeness (QED) is 0.750. The maximum atomic E-state index is 4.04. The van der Waals surface area contributed by atoms with Gasteiger partial charge in [-0.25, -0.2) is 0 Å². The van der Waals surface area contributed by atoms with E-state index in [1.165, 1.54) is 5.56 Å². The number of aryl methyl sites for hydroxylation is 1. The highest BCUT2D eigenvalue weighted by molar-refractivity contribution is 5.18. The fourth-order valence-electron chi connectivity index (χ4n) is 1.52. The molecule has 0 amide bonds. The molecule has 79 valence electrons. The molecule has 1 heterocycles. The first-order valence-corrected chi connectivity index (χ1v) is 5.47. The number of aromatic nitrogens is 1. The van der Waals surface area contributed by atoms with Gasteiger partial charge < -0.3 is 0 Å². The van der Waals surface area contributed by atoms with Gasteiger partial charge in [0.15, 0.2) is 0 Å². The molecule has 0 N–H and O–H groups in total. The van der Waals surface area contributed by atoms with E-state index >= 15 is 0 Å². The fraction of sp³-hybridized carbons (Fsp3) is 0.133. The number of allylic oxidation sites excluding steroid dienone is 1. The van der Waals surface area contributed by atoms with E-state index in [0.29, 0.717) is 0 Å². The van der Waals surface area contributed by atoms with Crippen LogP contribution in [0.1, 0.15) is 17.5 Å². The van der Waals surface area contributed by atoms with Crippen molar-refractivity contribution in [1.82, 2.24) is 4.98 Å². The molecule has 1 heteroatoms. The maximum Gasteiger partial charge on any atom is 0.0346 e. The first kappa shape index (κ1) is 10.6. The second kappa shape index (κ2) is 5.86. The van der Waals surface area contributed by atoms with E-state index in [2.05, 4.69) is 41.4 Å². The Labute approximate surface area is 96.5 Å². The molecule has 1 aromatic heterocycles. The third-order valence-corrected chi connectivity index (χ3v) is 2.35. The van der Waals surface area contributed by atoms with Crippen molar-refractivity contribution in [3.63, 3.8) is 0 Å². The van der Waals surface area contributed by atoms with Gasteiger partial charge in [-0.1, -0.05) is 42.5 Å². The van der Waals surface area contributed by atoms with Gasteiger partial charge in [0, 0.05) is 18.0 Å². The van der Waals surface area contributed by atoms with Gasteiger partial charge in [0.05, 0.1) is 0 Å². The standard InChI is InChI=1S/C15H14N/c1-2-7-14(8-3-1)9-4-5-10-15-11-6-12-16-13-15/h1-3,5-8,11-13H,4,9H2. The van der Waals surface area contributed by atoms with Gasteiger partial charge in [0.25, 0.3) is 0 Å². The Kier molecular flexibility index (Phi) is 3.89. The van der Waals surface area contributed by atoms with Crippen LogP contribution in [0.25, 0.3) is 0 Å². The first-order valence-electron chi connectivity index (χ1n) is 5.47. The molecule has 0 spiro atoms.